The van der Waals surface area contributed by atoms with E-state index in [1.54, 1.807) is 24.4 Å². The highest BCUT2D eigenvalue weighted by Crippen LogP contribution is 2.35. The van der Waals surface area contributed by atoms with Gasteiger partial charge in [-0.15, -0.1) is 11.3 Å². The normalized spacial score (nSPS) is 15.6. The van der Waals surface area contributed by atoms with E-state index in [0.717, 1.165) is 9.87 Å². The van der Waals surface area contributed by atoms with Crippen molar-refractivity contribution in [3.63, 3.8) is 0 Å². The van der Waals surface area contributed by atoms with E-state index in [2.05, 4.69) is 15.6 Å². The number of carbonyl (C=O) groups excluding carboxylic acids is 2. The lowest BCUT2D eigenvalue weighted by Gasteiger charge is -2.23. The Kier molecular flexibility index (Phi) is 5.71. The zero-order chi connectivity index (χ0) is 23.0. The van der Waals surface area contributed by atoms with Gasteiger partial charge in [0, 0.05) is 30.6 Å². The summed E-state index contributed by atoms with van der Waals surface area (Å²) in [5, 5.41) is 7.70. The zero-order valence-corrected chi connectivity index (χ0v) is 19.1. The van der Waals surface area contributed by atoms with Crippen LogP contribution in [0.25, 0.3) is 11.3 Å². The SMILES string of the molecule is CC1Oc2ccc(-c3csc(NC(=O)c4ccc(S(=O)(=O)N(C)C)cc4)n3)cc2NC1=O. The molecule has 2 N–H and O–H groups in total. The molecule has 1 aliphatic rings. The van der Waals surface area contributed by atoms with Crippen LogP contribution in [0.4, 0.5) is 10.8 Å². The standard InChI is InChI=1S/C21H20N4O5S2/c1-12-19(26)22-16-10-14(6-9-18(16)30-12)17-11-31-21(23-17)24-20(27)13-4-7-15(8-5-13)32(28,29)25(2)3/h4-12H,1-3H3,(H,22,26)(H,23,24,27). The fourth-order valence-corrected chi connectivity index (χ4v) is 4.61. The summed E-state index contributed by atoms with van der Waals surface area (Å²) in [6.45, 7) is 1.68. The minimum absolute atomic E-state index is 0.105. The number of fused-ring (bicyclic) bond motifs is 1. The number of nitrogens with zero attached hydrogens (tertiary/aromatic N) is 2. The molecule has 2 amide bonds. The third kappa shape index (κ3) is 4.22. The monoisotopic (exact) mass is 472 g/mol. The molecule has 11 heteroatoms. The van der Waals surface area contributed by atoms with Crippen LogP contribution in [0.3, 0.4) is 0 Å². The molecule has 2 heterocycles. The molecule has 9 nitrogen and oxygen atoms in total. The van der Waals surface area contributed by atoms with E-state index in [1.165, 1.54) is 49.7 Å². The van der Waals surface area contributed by atoms with Crippen LogP contribution in [-0.4, -0.2) is 49.7 Å². The van der Waals surface area contributed by atoms with Crippen molar-refractivity contribution in [1.29, 1.82) is 0 Å². The molecule has 1 atom stereocenters. The Balaban J connectivity index is 1.49. The maximum absolute atomic E-state index is 12.5. The van der Waals surface area contributed by atoms with E-state index < -0.39 is 22.0 Å². The van der Waals surface area contributed by atoms with E-state index in [0.29, 0.717) is 27.8 Å². The molecule has 2 aromatic carbocycles. The molecule has 0 bridgehead atoms. The predicted octanol–water partition coefficient (Wildman–Crippen LogP) is 3.03. The van der Waals surface area contributed by atoms with Crippen molar-refractivity contribution in [1.82, 2.24) is 9.29 Å². The van der Waals surface area contributed by atoms with Crippen LogP contribution in [0.1, 0.15) is 17.3 Å². The third-order valence-corrected chi connectivity index (χ3v) is 7.41. The first-order valence-corrected chi connectivity index (χ1v) is 11.9. The highest BCUT2D eigenvalue weighted by atomic mass is 32.2. The fraction of sp³-hybridized carbons (Fsp3) is 0.190. The van der Waals surface area contributed by atoms with Crippen molar-refractivity contribution >= 4 is 44.0 Å². The number of benzene rings is 2. The van der Waals surface area contributed by atoms with Crippen LogP contribution >= 0.6 is 11.3 Å². The summed E-state index contributed by atoms with van der Waals surface area (Å²) in [6, 6.07) is 11.0. The van der Waals surface area contributed by atoms with Gasteiger partial charge in [-0.3, -0.25) is 14.9 Å². The van der Waals surface area contributed by atoms with E-state index >= 15 is 0 Å². The molecule has 0 saturated carbocycles. The minimum atomic E-state index is -3.56. The lowest BCUT2D eigenvalue weighted by atomic mass is 10.1. The Morgan fingerprint density at radius 2 is 1.91 bits per heavy atom. The first-order valence-electron chi connectivity index (χ1n) is 9.56. The van der Waals surface area contributed by atoms with Crippen LogP contribution in [0.5, 0.6) is 5.75 Å². The zero-order valence-electron chi connectivity index (χ0n) is 17.4. The molecular weight excluding hydrogens is 452 g/mol. The van der Waals surface area contributed by atoms with Gasteiger partial charge in [0.05, 0.1) is 16.3 Å². The molecule has 0 radical (unpaired) electrons. The number of anilines is 2. The number of aromatic nitrogens is 1. The summed E-state index contributed by atoms with van der Waals surface area (Å²) in [4.78, 5) is 28.9. The molecule has 0 fully saturated rings. The summed E-state index contributed by atoms with van der Waals surface area (Å²) >= 11 is 1.25. The molecule has 1 unspecified atom stereocenters. The lowest BCUT2D eigenvalue weighted by molar-refractivity contribution is -0.122. The van der Waals surface area contributed by atoms with Gasteiger partial charge in [0.25, 0.3) is 11.8 Å². The van der Waals surface area contributed by atoms with Crippen molar-refractivity contribution in [2.75, 3.05) is 24.7 Å². The first kappa shape index (κ1) is 21.9. The Morgan fingerprint density at radius 3 is 2.59 bits per heavy atom. The topological polar surface area (TPSA) is 118 Å². The van der Waals surface area contributed by atoms with Crippen LogP contribution in [-0.2, 0) is 14.8 Å². The van der Waals surface area contributed by atoms with Gasteiger partial charge in [0.15, 0.2) is 11.2 Å². The van der Waals surface area contributed by atoms with Gasteiger partial charge >= 0.3 is 0 Å². The van der Waals surface area contributed by atoms with Crippen LogP contribution in [0, 0.1) is 0 Å². The molecule has 1 aliphatic heterocycles. The summed E-state index contributed by atoms with van der Waals surface area (Å²) in [6.07, 6.45) is -0.550. The summed E-state index contributed by atoms with van der Waals surface area (Å²) in [5.74, 6) is -0.0330. The Morgan fingerprint density at radius 1 is 1.19 bits per heavy atom. The second-order valence-electron chi connectivity index (χ2n) is 7.26. The molecule has 0 saturated heterocycles. The average molecular weight is 473 g/mol. The van der Waals surface area contributed by atoms with Gasteiger partial charge in [-0.2, -0.15) is 0 Å². The van der Waals surface area contributed by atoms with Gasteiger partial charge in [0.1, 0.15) is 5.75 Å². The van der Waals surface area contributed by atoms with Crippen LogP contribution in [0.15, 0.2) is 52.7 Å². The van der Waals surface area contributed by atoms with Crippen molar-refractivity contribution in [2.24, 2.45) is 0 Å². The number of amides is 2. The lowest BCUT2D eigenvalue weighted by Crippen LogP contribution is -2.34. The second-order valence-corrected chi connectivity index (χ2v) is 10.3. The van der Waals surface area contributed by atoms with Crippen LogP contribution < -0.4 is 15.4 Å². The fourth-order valence-electron chi connectivity index (χ4n) is 2.99. The molecule has 0 spiro atoms. The van der Waals surface area contributed by atoms with Gasteiger partial charge in [-0.05, 0) is 49.4 Å². The molecule has 166 valence electrons. The second kappa shape index (κ2) is 8.34. The number of thiazole rings is 1. The van der Waals surface area contributed by atoms with Gasteiger partial charge in [0.2, 0.25) is 10.0 Å². The summed E-state index contributed by atoms with van der Waals surface area (Å²) in [5.41, 5.74) is 2.27. The first-order chi connectivity index (χ1) is 15.1. The number of sulfonamides is 1. The van der Waals surface area contributed by atoms with Crippen molar-refractivity contribution < 1.29 is 22.7 Å². The number of ether oxygens (including phenoxy) is 1. The Bertz CT molecular complexity index is 1300. The average Bonchev–Trinajstić information content (AvgIpc) is 3.22. The summed E-state index contributed by atoms with van der Waals surface area (Å²) in [7, 11) is -0.674. The van der Waals surface area contributed by atoms with Crippen molar-refractivity contribution in [3.8, 4) is 17.0 Å². The quantitative estimate of drug-likeness (QED) is 0.589. The third-order valence-electron chi connectivity index (χ3n) is 4.83. The Hall–Kier alpha value is -3.28. The van der Waals surface area contributed by atoms with Gasteiger partial charge in [-0.25, -0.2) is 17.7 Å². The minimum Gasteiger partial charge on any atom is -0.479 e. The number of carbonyl (C=O) groups is 2. The molecule has 32 heavy (non-hydrogen) atoms. The maximum atomic E-state index is 12.5. The molecule has 1 aromatic heterocycles. The molecule has 4 rings (SSSR count). The maximum Gasteiger partial charge on any atom is 0.265 e. The molecular formula is C21H20N4O5S2. The number of nitrogens with one attached hydrogen (secondary N) is 2. The van der Waals surface area contributed by atoms with Crippen molar-refractivity contribution in [2.45, 2.75) is 17.9 Å². The van der Waals surface area contributed by atoms with E-state index in [4.69, 9.17) is 4.74 Å². The summed E-state index contributed by atoms with van der Waals surface area (Å²) < 4.78 is 31.0. The van der Waals surface area contributed by atoms with Crippen molar-refractivity contribution in [3.05, 3.63) is 53.4 Å². The highest BCUT2D eigenvalue weighted by Gasteiger charge is 2.24. The predicted molar refractivity (Wildman–Crippen MR) is 122 cm³/mol. The molecule has 0 aliphatic carbocycles. The van der Waals surface area contributed by atoms with E-state index in [-0.39, 0.29) is 10.8 Å². The number of hydrogen-bond donors (Lipinski definition) is 2. The van der Waals surface area contributed by atoms with Crippen LogP contribution in [0.2, 0.25) is 0 Å². The highest BCUT2D eigenvalue weighted by molar-refractivity contribution is 7.89. The van der Waals surface area contributed by atoms with Gasteiger partial charge in [-0.1, -0.05) is 0 Å². The van der Waals surface area contributed by atoms with E-state index in [1.807, 2.05) is 6.07 Å². The van der Waals surface area contributed by atoms with E-state index in [9.17, 15) is 18.0 Å². The largest absolute Gasteiger partial charge is 0.479 e. The smallest absolute Gasteiger partial charge is 0.265 e. The number of hydrogen-bond acceptors (Lipinski definition) is 7. The molecule has 3 aromatic rings. The Labute approximate surface area is 189 Å². The van der Waals surface area contributed by atoms with Gasteiger partial charge < -0.3 is 10.1 Å². The number of rotatable bonds is 5.